The first kappa shape index (κ1) is 11.6. The van der Waals surface area contributed by atoms with Gasteiger partial charge in [-0.1, -0.05) is 30.3 Å². The van der Waals surface area contributed by atoms with E-state index in [0.29, 0.717) is 5.69 Å². The van der Waals surface area contributed by atoms with Crippen LogP contribution in [-0.2, 0) is 0 Å². The van der Waals surface area contributed by atoms with E-state index in [0.717, 1.165) is 12.2 Å². The summed E-state index contributed by atoms with van der Waals surface area (Å²) in [5.41, 5.74) is 1.86. The molecule has 1 atom stereocenters. The third kappa shape index (κ3) is 2.23. The highest BCUT2D eigenvalue weighted by Gasteiger charge is 2.20. The number of rotatable bonds is 2. The Bertz CT molecular complexity index is 556. The molecule has 1 N–H and O–H groups in total. The molecule has 1 aliphatic rings. The summed E-state index contributed by atoms with van der Waals surface area (Å²) in [6, 6.07) is 15.4. The molecule has 92 valence electrons. The van der Waals surface area contributed by atoms with Gasteiger partial charge in [0.1, 0.15) is 5.82 Å². The molecule has 1 nitrogen and oxygen atoms in total. The van der Waals surface area contributed by atoms with Gasteiger partial charge in [0, 0.05) is 10.6 Å². The van der Waals surface area contributed by atoms with Crippen molar-refractivity contribution < 1.29 is 4.39 Å². The minimum Gasteiger partial charge on any atom is -0.376 e. The molecule has 3 rings (SSSR count). The highest BCUT2D eigenvalue weighted by molar-refractivity contribution is 7.99. The zero-order valence-corrected chi connectivity index (χ0v) is 10.7. The fourth-order valence-electron chi connectivity index (χ4n) is 2.26. The largest absolute Gasteiger partial charge is 0.376 e. The zero-order chi connectivity index (χ0) is 12.4. The van der Waals surface area contributed by atoms with Gasteiger partial charge < -0.3 is 5.32 Å². The topological polar surface area (TPSA) is 12.0 Å². The lowest BCUT2D eigenvalue weighted by Gasteiger charge is -2.26. The maximum absolute atomic E-state index is 13.7. The van der Waals surface area contributed by atoms with Gasteiger partial charge in [0.25, 0.3) is 0 Å². The van der Waals surface area contributed by atoms with Crippen molar-refractivity contribution in [3.63, 3.8) is 0 Å². The molecule has 0 radical (unpaired) electrons. The number of anilines is 1. The van der Waals surface area contributed by atoms with Crippen LogP contribution in [0.2, 0.25) is 0 Å². The molecule has 18 heavy (non-hydrogen) atoms. The highest BCUT2D eigenvalue weighted by Crippen LogP contribution is 2.37. The summed E-state index contributed by atoms with van der Waals surface area (Å²) in [6.07, 6.45) is 1.02. The van der Waals surface area contributed by atoms with Crippen molar-refractivity contribution in [2.75, 3.05) is 11.1 Å². The van der Waals surface area contributed by atoms with E-state index in [-0.39, 0.29) is 11.9 Å². The molecule has 1 aliphatic heterocycles. The Morgan fingerprint density at radius 2 is 1.83 bits per heavy atom. The van der Waals surface area contributed by atoms with Gasteiger partial charge in [0.15, 0.2) is 0 Å². The third-order valence-electron chi connectivity index (χ3n) is 3.16. The first-order valence-electron chi connectivity index (χ1n) is 6.07. The van der Waals surface area contributed by atoms with Crippen LogP contribution in [0.4, 0.5) is 10.1 Å². The molecule has 0 aromatic heterocycles. The van der Waals surface area contributed by atoms with Gasteiger partial charge >= 0.3 is 0 Å². The number of fused-ring (bicyclic) bond motifs is 1. The molecule has 0 spiro atoms. The van der Waals surface area contributed by atoms with E-state index >= 15 is 0 Å². The first-order valence-corrected chi connectivity index (χ1v) is 7.06. The number of halogens is 1. The van der Waals surface area contributed by atoms with Crippen molar-refractivity contribution in [1.29, 1.82) is 0 Å². The van der Waals surface area contributed by atoms with Crippen molar-refractivity contribution in [3.05, 3.63) is 59.9 Å². The number of benzene rings is 2. The molecule has 0 aliphatic carbocycles. The summed E-state index contributed by atoms with van der Waals surface area (Å²) in [5.74, 6) is 0.886. The van der Waals surface area contributed by atoms with Crippen molar-refractivity contribution >= 4 is 17.4 Å². The molecule has 2 aromatic rings. The standard InChI is InChI=1S/C15H14FNS/c16-12-6-2-3-7-14(12)17-13-9-10-18-15-8-4-1-5-11(13)15/h1-8,13,17H,9-10H2. The van der Waals surface area contributed by atoms with Crippen molar-refractivity contribution in [2.24, 2.45) is 0 Å². The van der Waals surface area contributed by atoms with Crippen LogP contribution >= 0.6 is 11.8 Å². The molecular formula is C15H14FNS. The van der Waals surface area contributed by atoms with E-state index < -0.39 is 0 Å². The van der Waals surface area contributed by atoms with Crippen LogP contribution in [0.15, 0.2) is 53.4 Å². The van der Waals surface area contributed by atoms with E-state index in [2.05, 4.69) is 23.5 Å². The van der Waals surface area contributed by atoms with Gasteiger partial charge in [-0.15, -0.1) is 11.8 Å². The Labute approximate surface area is 110 Å². The molecule has 0 fully saturated rings. The lowest BCUT2D eigenvalue weighted by atomic mass is 10.0. The van der Waals surface area contributed by atoms with E-state index in [1.807, 2.05) is 23.9 Å². The van der Waals surface area contributed by atoms with Gasteiger partial charge in [-0.05, 0) is 30.2 Å². The fraction of sp³-hybridized carbons (Fsp3) is 0.200. The summed E-state index contributed by atoms with van der Waals surface area (Å²) in [5, 5.41) is 3.32. The summed E-state index contributed by atoms with van der Waals surface area (Å²) in [7, 11) is 0. The van der Waals surface area contributed by atoms with E-state index in [1.165, 1.54) is 16.5 Å². The molecule has 1 unspecified atom stereocenters. The van der Waals surface area contributed by atoms with Crippen molar-refractivity contribution in [2.45, 2.75) is 17.4 Å². The summed E-state index contributed by atoms with van der Waals surface area (Å²) >= 11 is 1.87. The minimum absolute atomic E-state index is 0.187. The van der Waals surface area contributed by atoms with E-state index in [9.17, 15) is 4.39 Å². The van der Waals surface area contributed by atoms with Gasteiger partial charge in [-0.2, -0.15) is 0 Å². The lowest BCUT2D eigenvalue weighted by Crippen LogP contribution is -2.16. The predicted molar refractivity (Wildman–Crippen MR) is 74.5 cm³/mol. The summed E-state index contributed by atoms with van der Waals surface area (Å²) < 4.78 is 13.7. The Morgan fingerprint density at radius 1 is 1.06 bits per heavy atom. The number of hydrogen-bond donors (Lipinski definition) is 1. The molecule has 0 bridgehead atoms. The lowest BCUT2D eigenvalue weighted by molar-refractivity contribution is 0.622. The van der Waals surface area contributed by atoms with Gasteiger partial charge in [0.05, 0.1) is 11.7 Å². The van der Waals surface area contributed by atoms with Crippen LogP contribution < -0.4 is 5.32 Å². The normalized spacial score (nSPS) is 18.2. The monoisotopic (exact) mass is 259 g/mol. The molecule has 3 heteroatoms. The molecule has 1 heterocycles. The van der Waals surface area contributed by atoms with Crippen LogP contribution in [0.3, 0.4) is 0 Å². The van der Waals surface area contributed by atoms with Gasteiger partial charge in [-0.3, -0.25) is 0 Å². The average molecular weight is 259 g/mol. The van der Waals surface area contributed by atoms with Crippen molar-refractivity contribution in [3.8, 4) is 0 Å². The quantitative estimate of drug-likeness (QED) is 0.853. The number of hydrogen-bond acceptors (Lipinski definition) is 2. The highest BCUT2D eigenvalue weighted by atomic mass is 32.2. The Morgan fingerprint density at radius 3 is 2.72 bits per heavy atom. The van der Waals surface area contributed by atoms with Crippen LogP contribution in [0.1, 0.15) is 18.0 Å². The molecular weight excluding hydrogens is 245 g/mol. The van der Waals surface area contributed by atoms with Crippen LogP contribution in [0, 0.1) is 5.82 Å². The van der Waals surface area contributed by atoms with Gasteiger partial charge in [0.2, 0.25) is 0 Å². The van der Waals surface area contributed by atoms with Crippen LogP contribution in [-0.4, -0.2) is 5.75 Å². The second-order valence-corrected chi connectivity index (χ2v) is 5.49. The van der Waals surface area contributed by atoms with Gasteiger partial charge in [-0.25, -0.2) is 4.39 Å². The zero-order valence-electron chi connectivity index (χ0n) is 9.90. The van der Waals surface area contributed by atoms with E-state index in [1.54, 1.807) is 12.1 Å². The fourth-order valence-corrected chi connectivity index (χ4v) is 3.38. The molecule has 0 saturated heterocycles. The Kier molecular flexibility index (Phi) is 3.24. The summed E-state index contributed by atoms with van der Waals surface area (Å²) in [6.45, 7) is 0. The maximum atomic E-state index is 13.7. The minimum atomic E-state index is -0.187. The molecule has 2 aromatic carbocycles. The average Bonchev–Trinajstić information content (AvgIpc) is 2.42. The van der Waals surface area contributed by atoms with Crippen LogP contribution in [0.25, 0.3) is 0 Å². The Balaban J connectivity index is 1.89. The van der Waals surface area contributed by atoms with Crippen molar-refractivity contribution in [1.82, 2.24) is 0 Å². The smallest absolute Gasteiger partial charge is 0.146 e. The predicted octanol–water partition coefficient (Wildman–Crippen LogP) is 4.47. The SMILES string of the molecule is Fc1ccccc1NC1CCSc2ccccc21. The third-order valence-corrected chi connectivity index (χ3v) is 4.28. The Hall–Kier alpha value is -1.48. The molecule has 0 saturated carbocycles. The maximum Gasteiger partial charge on any atom is 0.146 e. The number of para-hydroxylation sites is 1. The second kappa shape index (κ2) is 5.02. The first-order chi connectivity index (χ1) is 8.84. The second-order valence-electron chi connectivity index (χ2n) is 4.35. The molecule has 0 amide bonds. The number of thioether (sulfide) groups is 1. The number of nitrogens with one attached hydrogen (secondary N) is 1. The summed E-state index contributed by atoms with van der Waals surface area (Å²) in [4.78, 5) is 1.30. The van der Waals surface area contributed by atoms with E-state index in [4.69, 9.17) is 0 Å². The van der Waals surface area contributed by atoms with Crippen LogP contribution in [0.5, 0.6) is 0 Å².